The Morgan fingerprint density at radius 1 is 1.18 bits per heavy atom. The SMILES string of the molecule is CNc1nnc(CCc2ccc(N)cc2)n1C. The second-order valence-corrected chi connectivity index (χ2v) is 3.99. The Hall–Kier alpha value is -2.04. The zero-order valence-electron chi connectivity index (χ0n) is 10.1. The molecule has 1 aromatic heterocycles. The fraction of sp³-hybridized carbons (Fsp3) is 0.333. The number of hydrogen-bond donors (Lipinski definition) is 2. The molecule has 0 saturated carbocycles. The summed E-state index contributed by atoms with van der Waals surface area (Å²) in [6, 6.07) is 7.94. The van der Waals surface area contributed by atoms with Gasteiger partial charge in [0.25, 0.3) is 0 Å². The van der Waals surface area contributed by atoms with Gasteiger partial charge in [0.15, 0.2) is 0 Å². The van der Waals surface area contributed by atoms with Crippen molar-refractivity contribution >= 4 is 11.6 Å². The van der Waals surface area contributed by atoms with Crippen LogP contribution in [0, 0.1) is 0 Å². The van der Waals surface area contributed by atoms with Crippen LogP contribution in [0.3, 0.4) is 0 Å². The Balaban J connectivity index is 2.02. The van der Waals surface area contributed by atoms with Gasteiger partial charge in [0.05, 0.1) is 0 Å². The number of nitrogens with one attached hydrogen (secondary N) is 1. The van der Waals surface area contributed by atoms with Crippen LogP contribution in [0.15, 0.2) is 24.3 Å². The van der Waals surface area contributed by atoms with E-state index in [4.69, 9.17) is 5.73 Å². The summed E-state index contributed by atoms with van der Waals surface area (Å²) in [6.45, 7) is 0. The van der Waals surface area contributed by atoms with Gasteiger partial charge in [0.1, 0.15) is 5.82 Å². The van der Waals surface area contributed by atoms with E-state index in [1.807, 2.05) is 42.9 Å². The lowest BCUT2D eigenvalue weighted by Gasteiger charge is -2.03. The van der Waals surface area contributed by atoms with E-state index in [1.54, 1.807) is 0 Å². The van der Waals surface area contributed by atoms with Crippen molar-refractivity contribution in [3.8, 4) is 0 Å². The summed E-state index contributed by atoms with van der Waals surface area (Å²) in [5.41, 5.74) is 7.70. The Morgan fingerprint density at radius 3 is 2.47 bits per heavy atom. The van der Waals surface area contributed by atoms with Crippen LogP contribution in [0.4, 0.5) is 11.6 Å². The molecule has 5 nitrogen and oxygen atoms in total. The molecule has 2 aromatic rings. The third-order valence-corrected chi connectivity index (χ3v) is 2.81. The van der Waals surface area contributed by atoms with E-state index in [1.165, 1.54) is 5.56 Å². The molecule has 0 saturated heterocycles. The Bertz CT molecular complexity index is 486. The third-order valence-electron chi connectivity index (χ3n) is 2.81. The van der Waals surface area contributed by atoms with Crippen LogP contribution in [-0.2, 0) is 19.9 Å². The predicted octanol–water partition coefficient (Wildman–Crippen LogP) is 1.22. The molecular formula is C12H17N5. The molecule has 0 spiro atoms. The van der Waals surface area contributed by atoms with Gasteiger partial charge in [-0.1, -0.05) is 12.1 Å². The van der Waals surface area contributed by atoms with Crippen molar-refractivity contribution in [3.05, 3.63) is 35.7 Å². The summed E-state index contributed by atoms with van der Waals surface area (Å²) in [4.78, 5) is 0. The van der Waals surface area contributed by atoms with Crippen LogP contribution in [0.1, 0.15) is 11.4 Å². The highest BCUT2D eigenvalue weighted by molar-refractivity contribution is 5.39. The first kappa shape index (κ1) is 11.4. The van der Waals surface area contributed by atoms with E-state index < -0.39 is 0 Å². The molecule has 1 heterocycles. The van der Waals surface area contributed by atoms with Gasteiger partial charge in [-0.25, -0.2) is 0 Å². The molecule has 0 radical (unpaired) electrons. The van der Waals surface area contributed by atoms with Crippen molar-refractivity contribution in [2.75, 3.05) is 18.1 Å². The summed E-state index contributed by atoms with van der Waals surface area (Å²) in [7, 11) is 3.80. The van der Waals surface area contributed by atoms with Crippen LogP contribution in [0.5, 0.6) is 0 Å². The highest BCUT2D eigenvalue weighted by atomic mass is 15.3. The van der Waals surface area contributed by atoms with E-state index in [2.05, 4.69) is 15.5 Å². The Kier molecular flexibility index (Phi) is 3.27. The van der Waals surface area contributed by atoms with Gasteiger partial charge in [-0.15, -0.1) is 10.2 Å². The van der Waals surface area contributed by atoms with Gasteiger partial charge in [0.2, 0.25) is 5.95 Å². The number of nitrogen functional groups attached to an aromatic ring is 1. The number of aromatic nitrogens is 3. The molecule has 0 fully saturated rings. The summed E-state index contributed by atoms with van der Waals surface area (Å²) < 4.78 is 1.97. The topological polar surface area (TPSA) is 68.8 Å². The number of nitrogens with two attached hydrogens (primary N) is 1. The van der Waals surface area contributed by atoms with E-state index in [0.717, 1.165) is 30.3 Å². The minimum Gasteiger partial charge on any atom is -0.399 e. The third kappa shape index (κ3) is 2.55. The zero-order chi connectivity index (χ0) is 12.3. The largest absolute Gasteiger partial charge is 0.399 e. The van der Waals surface area contributed by atoms with Crippen LogP contribution >= 0.6 is 0 Å². The molecule has 5 heteroatoms. The number of anilines is 2. The summed E-state index contributed by atoms with van der Waals surface area (Å²) in [5.74, 6) is 1.77. The molecular weight excluding hydrogens is 214 g/mol. The predicted molar refractivity (Wildman–Crippen MR) is 68.8 cm³/mol. The molecule has 0 unspecified atom stereocenters. The average molecular weight is 231 g/mol. The summed E-state index contributed by atoms with van der Waals surface area (Å²) in [5, 5.41) is 11.2. The van der Waals surface area contributed by atoms with Crippen LogP contribution in [0.2, 0.25) is 0 Å². The lowest BCUT2D eigenvalue weighted by molar-refractivity contribution is 0.772. The molecule has 2 rings (SSSR count). The number of aryl methyl sites for hydroxylation is 2. The van der Waals surface area contributed by atoms with Gasteiger partial charge in [-0.2, -0.15) is 0 Å². The highest BCUT2D eigenvalue weighted by Crippen LogP contribution is 2.10. The average Bonchev–Trinajstić information content (AvgIpc) is 2.69. The van der Waals surface area contributed by atoms with Crippen molar-refractivity contribution in [3.63, 3.8) is 0 Å². The van der Waals surface area contributed by atoms with Crippen molar-refractivity contribution in [2.45, 2.75) is 12.8 Å². The van der Waals surface area contributed by atoms with Crippen molar-refractivity contribution in [1.82, 2.24) is 14.8 Å². The fourth-order valence-corrected chi connectivity index (χ4v) is 1.74. The normalized spacial score (nSPS) is 10.5. The van der Waals surface area contributed by atoms with Crippen LogP contribution < -0.4 is 11.1 Å². The standard InChI is InChI=1S/C12H17N5/c1-14-12-16-15-11(17(12)2)8-5-9-3-6-10(13)7-4-9/h3-4,6-7H,5,8,13H2,1-2H3,(H,14,16). The van der Waals surface area contributed by atoms with Gasteiger partial charge in [-0.3, -0.25) is 0 Å². The van der Waals surface area contributed by atoms with E-state index in [9.17, 15) is 0 Å². The molecule has 0 amide bonds. The first-order valence-corrected chi connectivity index (χ1v) is 5.61. The highest BCUT2D eigenvalue weighted by Gasteiger charge is 2.06. The molecule has 3 N–H and O–H groups in total. The lowest BCUT2D eigenvalue weighted by Crippen LogP contribution is -2.03. The number of nitrogens with zero attached hydrogens (tertiary/aromatic N) is 3. The minimum absolute atomic E-state index is 0.789. The molecule has 90 valence electrons. The molecule has 0 aliphatic carbocycles. The van der Waals surface area contributed by atoms with Gasteiger partial charge >= 0.3 is 0 Å². The quantitative estimate of drug-likeness (QED) is 0.776. The maximum Gasteiger partial charge on any atom is 0.224 e. The molecule has 0 bridgehead atoms. The number of hydrogen-bond acceptors (Lipinski definition) is 4. The first-order chi connectivity index (χ1) is 8.20. The zero-order valence-corrected chi connectivity index (χ0v) is 10.1. The van der Waals surface area contributed by atoms with Crippen molar-refractivity contribution in [1.29, 1.82) is 0 Å². The summed E-state index contributed by atoms with van der Waals surface area (Å²) >= 11 is 0. The van der Waals surface area contributed by atoms with Gasteiger partial charge in [-0.05, 0) is 24.1 Å². The van der Waals surface area contributed by atoms with Gasteiger partial charge < -0.3 is 15.6 Å². The molecule has 0 atom stereocenters. The van der Waals surface area contributed by atoms with Crippen molar-refractivity contribution < 1.29 is 0 Å². The maximum absolute atomic E-state index is 5.64. The minimum atomic E-state index is 0.789. The smallest absolute Gasteiger partial charge is 0.224 e. The van der Waals surface area contributed by atoms with Crippen LogP contribution in [0.25, 0.3) is 0 Å². The molecule has 0 aliphatic rings. The second kappa shape index (κ2) is 4.86. The maximum atomic E-state index is 5.64. The van der Waals surface area contributed by atoms with Crippen LogP contribution in [-0.4, -0.2) is 21.8 Å². The monoisotopic (exact) mass is 231 g/mol. The lowest BCUT2D eigenvalue weighted by atomic mass is 10.1. The molecule has 0 aliphatic heterocycles. The molecule has 17 heavy (non-hydrogen) atoms. The van der Waals surface area contributed by atoms with E-state index >= 15 is 0 Å². The summed E-state index contributed by atoms with van der Waals surface area (Å²) in [6.07, 6.45) is 1.81. The fourth-order valence-electron chi connectivity index (χ4n) is 1.74. The van der Waals surface area contributed by atoms with Crippen molar-refractivity contribution in [2.24, 2.45) is 7.05 Å². The first-order valence-electron chi connectivity index (χ1n) is 5.61. The Labute approximate surface area is 101 Å². The van der Waals surface area contributed by atoms with E-state index in [-0.39, 0.29) is 0 Å². The van der Waals surface area contributed by atoms with Gasteiger partial charge in [0, 0.05) is 26.2 Å². The number of rotatable bonds is 4. The second-order valence-electron chi connectivity index (χ2n) is 3.99. The number of benzene rings is 1. The Morgan fingerprint density at radius 2 is 1.88 bits per heavy atom. The van der Waals surface area contributed by atoms with E-state index in [0.29, 0.717) is 0 Å². The molecule has 1 aromatic carbocycles.